The summed E-state index contributed by atoms with van der Waals surface area (Å²) in [5, 5.41) is 2.12. The first-order valence-electron chi connectivity index (χ1n) is 4.93. The molecule has 0 saturated carbocycles. The van der Waals surface area contributed by atoms with Crippen LogP contribution in [-0.2, 0) is 10.2 Å². The van der Waals surface area contributed by atoms with Crippen LogP contribution in [0.4, 0.5) is 0 Å². The lowest BCUT2D eigenvalue weighted by Crippen LogP contribution is -2.52. The summed E-state index contributed by atoms with van der Waals surface area (Å²) in [4.78, 5) is 1.42. The molecule has 0 unspecified atom stereocenters. The van der Waals surface area contributed by atoms with E-state index in [1.807, 2.05) is 11.3 Å². The Labute approximate surface area is 89.1 Å². The highest BCUT2D eigenvalue weighted by Gasteiger charge is 2.43. The molecule has 1 aliphatic heterocycles. The van der Waals surface area contributed by atoms with Crippen LogP contribution in [0.3, 0.4) is 0 Å². The minimum Gasteiger partial charge on any atom is -0.379 e. The van der Waals surface area contributed by atoms with Gasteiger partial charge < -0.3 is 10.5 Å². The van der Waals surface area contributed by atoms with Crippen LogP contribution in [0.2, 0.25) is 0 Å². The molecule has 2 N–H and O–H groups in total. The predicted octanol–water partition coefficient (Wildman–Crippen LogP) is 2.14. The van der Waals surface area contributed by atoms with E-state index in [1.165, 1.54) is 4.88 Å². The van der Waals surface area contributed by atoms with Gasteiger partial charge in [-0.1, -0.05) is 6.07 Å². The fraction of sp³-hybridized carbons (Fsp3) is 0.636. The molecule has 1 aliphatic rings. The Hall–Kier alpha value is -0.380. The second kappa shape index (κ2) is 3.33. The van der Waals surface area contributed by atoms with E-state index in [1.54, 1.807) is 0 Å². The van der Waals surface area contributed by atoms with Crippen LogP contribution in [0.1, 0.15) is 25.1 Å². The van der Waals surface area contributed by atoms with Crippen molar-refractivity contribution >= 4 is 11.3 Å². The van der Waals surface area contributed by atoms with Crippen molar-refractivity contribution in [3.05, 3.63) is 22.4 Å². The van der Waals surface area contributed by atoms with Gasteiger partial charge in [-0.05, 0) is 31.7 Å². The lowest BCUT2D eigenvalue weighted by Gasteiger charge is -2.44. The maximum Gasteiger partial charge on any atom is 0.0594 e. The molecule has 2 rings (SSSR count). The van der Waals surface area contributed by atoms with Crippen LogP contribution < -0.4 is 5.73 Å². The first-order chi connectivity index (χ1) is 6.52. The van der Waals surface area contributed by atoms with E-state index in [0.717, 1.165) is 19.6 Å². The molecular weight excluding hydrogens is 194 g/mol. The zero-order valence-electron chi connectivity index (χ0n) is 8.75. The van der Waals surface area contributed by atoms with Crippen molar-refractivity contribution in [1.82, 2.24) is 0 Å². The van der Waals surface area contributed by atoms with E-state index >= 15 is 0 Å². The Kier molecular flexibility index (Phi) is 2.41. The molecule has 0 bridgehead atoms. The molecule has 0 amide bonds. The van der Waals surface area contributed by atoms with Crippen molar-refractivity contribution in [1.29, 1.82) is 0 Å². The number of thiophene rings is 1. The maximum absolute atomic E-state index is 6.09. The molecule has 1 aromatic heterocycles. The van der Waals surface area contributed by atoms with Gasteiger partial charge in [-0.2, -0.15) is 0 Å². The van der Waals surface area contributed by atoms with Crippen LogP contribution in [-0.4, -0.2) is 18.8 Å². The second-order valence-electron chi connectivity index (χ2n) is 4.92. The van der Waals surface area contributed by atoms with E-state index in [4.69, 9.17) is 10.5 Å². The Balaban J connectivity index is 2.19. The van der Waals surface area contributed by atoms with Gasteiger partial charge in [0.2, 0.25) is 0 Å². The number of hydrogen-bond donors (Lipinski definition) is 1. The highest BCUT2D eigenvalue weighted by atomic mass is 32.1. The zero-order chi connectivity index (χ0) is 10.2. The van der Waals surface area contributed by atoms with Gasteiger partial charge in [-0.25, -0.2) is 0 Å². The van der Waals surface area contributed by atoms with E-state index in [-0.39, 0.29) is 11.0 Å². The van der Waals surface area contributed by atoms with Gasteiger partial charge >= 0.3 is 0 Å². The molecule has 0 aromatic carbocycles. The predicted molar refractivity (Wildman–Crippen MR) is 59.7 cm³/mol. The summed E-state index contributed by atoms with van der Waals surface area (Å²) in [6.45, 7) is 5.82. The smallest absolute Gasteiger partial charge is 0.0594 e. The molecule has 3 heteroatoms. The largest absolute Gasteiger partial charge is 0.379 e. The van der Waals surface area contributed by atoms with Gasteiger partial charge in [0, 0.05) is 10.4 Å². The normalized spacial score (nSPS) is 20.5. The minimum atomic E-state index is -0.117. The summed E-state index contributed by atoms with van der Waals surface area (Å²) in [5.74, 6) is 0. The van der Waals surface area contributed by atoms with Gasteiger partial charge in [0.25, 0.3) is 0 Å². The van der Waals surface area contributed by atoms with Crippen molar-refractivity contribution in [2.75, 3.05) is 13.2 Å². The lowest BCUT2D eigenvalue weighted by molar-refractivity contribution is -0.0700. The average Bonchev–Trinajstić information content (AvgIpc) is 2.46. The fourth-order valence-corrected chi connectivity index (χ4v) is 3.03. The van der Waals surface area contributed by atoms with E-state index in [9.17, 15) is 0 Å². The van der Waals surface area contributed by atoms with Crippen molar-refractivity contribution in [2.45, 2.75) is 31.2 Å². The van der Waals surface area contributed by atoms with Gasteiger partial charge in [0.05, 0.1) is 18.6 Å². The Morgan fingerprint density at radius 2 is 2.29 bits per heavy atom. The minimum absolute atomic E-state index is 0.117. The molecule has 78 valence electrons. The third-order valence-corrected chi connectivity index (χ3v) is 3.71. The quantitative estimate of drug-likeness (QED) is 0.831. The molecule has 0 aliphatic carbocycles. The Bertz CT molecular complexity index is 296. The van der Waals surface area contributed by atoms with Crippen LogP contribution in [0.25, 0.3) is 0 Å². The first-order valence-corrected chi connectivity index (χ1v) is 5.81. The molecule has 1 aromatic rings. The van der Waals surface area contributed by atoms with Gasteiger partial charge in [-0.3, -0.25) is 0 Å². The topological polar surface area (TPSA) is 35.2 Å². The average molecular weight is 211 g/mol. The standard InChI is InChI=1S/C11H17NOS/c1-10(2,12)6-11(7-13-8-11)9-4-3-5-14-9/h3-5H,6-8,12H2,1-2H3. The number of nitrogens with two attached hydrogens (primary N) is 1. The summed E-state index contributed by atoms with van der Waals surface area (Å²) in [6, 6.07) is 4.29. The fourth-order valence-electron chi connectivity index (χ4n) is 2.13. The van der Waals surface area contributed by atoms with Crippen molar-refractivity contribution < 1.29 is 4.74 Å². The summed E-state index contributed by atoms with van der Waals surface area (Å²) in [7, 11) is 0. The zero-order valence-corrected chi connectivity index (χ0v) is 9.56. The molecular formula is C11H17NOS. The van der Waals surface area contributed by atoms with Gasteiger partial charge in [0.15, 0.2) is 0 Å². The highest BCUT2D eigenvalue weighted by molar-refractivity contribution is 7.10. The van der Waals surface area contributed by atoms with Crippen LogP contribution in [0.5, 0.6) is 0 Å². The Morgan fingerprint density at radius 1 is 1.57 bits per heavy atom. The van der Waals surface area contributed by atoms with Gasteiger partial charge in [-0.15, -0.1) is 11.3 Å². The summed E-state index contributed by atoms with van der Waals surface area (Å²) in [5.41, 5.74) is 6.17. The highest BCUT2D eigenvalue weighted by Crippen LogP contribution is 2.40. The third-order valence-electron chi connectivity index (χ3n) is 2.59. The molecule has 1 saturated heterocycles. The van der Waals surface area contributed by atoms with Gasteiger partial charge in [0.1, 0.15) is 0 Å². The lowest BCUT2D eigenvalue weighted by atomic mass is 9.74. The second-order valence-corrected chi connectivity index (χ2v) is 5.86. The molecule has 0 spiro atoms. The maximum atomic E-state index is 6.09. The summed E-state index contributed by atoms with van der Waals surface area (Å²) < 4.78 is 5.36. The third kappa shape index (κ3) is 1.85. The van der Waals surface area contributed by atoms with Crippen LogP contribution >= 0.6 is 11.3 Å². The van der Waals surface area contributed by atoms with Crippen molar-refractivity contribution in [3.63, 3.8) is 0 Å². The summed E-state index contributed by atoms with van der Waals surface area (Å²) >= 11 is 1.81. The van der Waals surface area contributed by atoms with E-state index in [0.29, 0.717) is 0 Å². The molecule has 1 fully saturated rings. The molecule has 2 heterocycles. The van der Waals surface area contributed by atoms with Crippen LogP contribution in [0, 0.1) is 0 Å². The van der Waals surface area contributed by atoms with Crippen molar-refractivity contribution in [3.8, 4) is 0 Å². The summed E-state index contributed by atoms with van der Waals surface area (Å²) in [6.07, 6.45) is 1.00. The van der Waals surface area contributed by atoms with E-state index < -0.39 is 0 Å². The molecule has 14 heavy (non-hydrogen) atoms. The van der Waals surface area contributed by atoms with Crippen molar-refractivity contribution in [2.24, 2.45) is 5.73 Å². The number of hydrogen-bond acceptors (Lipinski definition) is 3. The molecule has 0 radical (unpaired) electrons. The molecule has 2 nitrogen and oxygen atoms in total. The Morgan fingerprint density at radius 3 is 2.64 bits per heavy atom. The number of rotatable bonds is 3. The van der Waals surface area contributed by atoms with Crippen LogP contribution in [0.15, 0.2) is 17.5 Å². The first kappa shape index (κ1) is 10.1. The number of ether oxygens (including phenoxy) is 1. The molecule has 0 atom stereocenters. The SMILES string of the molecule is CC(C)(N)CC1(c2cccs2)COC1. The monoisotopic (exact) mass is 211 g/mol. The van der Waals surface area contributed by atoms with E-state index in [2.05, 4.69) is 31.4 Å².